The van der Waals surface area contributed by atoms with E-state index in [0.29, 0.717) is 0 Å². The van der Waals surface area contributed by atoms with Crippen LogP contribution in [0.3, 0.4) is 0 Å². The van der Waals surface area contributed by atoms with Gasteiger partial charge in [-0.15, -0.1) is 0 Å². The zero-order valence-corrected chi connectivity index (χ0v) is 7.77. The number of aldehydes is 1. The summed E-state index contributed by atoms with van der Waals surface area (Å²) in [7, 11) is 0. The van der Waals surface area contributed by atoms with Crippen molar-refractivity contribution >= 4 is 12.3 Å². The zero-order valence-electron chi connectivity index (χ0n) is 7.77. The molecule has 0 aliphatic carbocycles. The second-order valence-corrected chi connectivity index (χ2v) is 3.52. The van der Waals surface area contributed by atoms with Crippen molar-refractivity contribution in [3.05, 3.63) is 0 Å². The molecule has 1 unspecified atom stereocenters. The molecule has 1 heterocycles. The molecule has 0 spiro atoms. The maximum absolute atomic E-state index is 10.6. The average molecular weight is 185 g/mol. The molecule has 0 bridgehead atoms. The molecule has 0 aromatic carbocycles. The van der Waals surface area contributed by atoms with Crippen LogP contribution in [0.15, 0.2) is 0 Å². The second-order valence-electron chi connectivity index (χ2n) is 3.52. The van der Waals surface area contributed by atoms with Gasteiger partial charge in [0.05, 0.1) is 0 Å². The molecular formula is C9H15NO3. The molecule has 1 N–H and O–H groups in total. The molecule has 0 aromatic heterocycles. The number of hydrogen-bond acceptors (Lipinski definition) is 3. The highest BCUT2D eigenvalue weighted by Gasteiger charge is 2.25. The van der Waals surface area contributed by atoms with Gasteiger partial charge in [0, 0.05) is 5.92 Å². The summed E-state index contributed by atoms with van der Waals surface area (Å²) in [5, 5.41) is 8.75. The highest BCUT2D eigenvalue weighted by molar-refractivity contribution is 5.72. The van der Waals surface area contributed by atoms with Crippen molar-refractivity contribution in [2.45, 2.75) is 25.8 Å². The molecule has 1 atom stereocenters. The molecule has 0 aromatic rings. The number of carbonyl (C=O) groups is 2. The molecule has 1 saturated heterocycles. The fourth-order valence-electron chi connectivity index (χ4n) is 1.60. The van der Waals surface area contributed by atoms with Crippen LogP contribution in [0.5, 0.6) is 0 Å². The van der Waals surface area contributed by atoms with Gasteiger partial charge in [-0.3, -0.25) is 9.69 Å². The Morgan fingerprint density at radius 3 is 2.46 bits per heavy atom. The predicted octanol–water partition coefficient (Wildman–Crippen LogP) is 0.370. The van der Waals surface area contributed by atoms with Gasteiger partial charge in [0.15, 0.2) is 0 Å². The van der Waals surface area contributed by atoms with Crippen molar-refractivity contribution in [2.24, 2.45) is 5.92 Å². The van der Waals surface area contributed by atoms with Crippen molar-refractivity contribution < 1.29 is 14.7 Å². The summed E-state index contributed by atoms with van der Waals surface area (Å²) in [4.78, 5) is 23.0. The summed E-state index contributed by atoms with van der Waals surface area (Å²) in [6.45, 7) is 3.12. The Morgan fingerprint density at radius 2 is 2.08 bits per heavy atom. The van der Waals surface area contributed by atoms with Crippen LogP contribution < -0.4 is 0 Å². The molecule has 1 aliphatic rings. The van der Waals surface area contributed by atoms with Gasteiger partial charge in [-0.05, 0) is 32.9 Å². The van der Waals surface area contributed by atoms with Crippen LogP contribution in [0.1, 0.15) is 19.8 Å². The molecule has 74 valence electrons. The topological polar surface area (TPSA) is 57.6 Å². The lowest BCUT2D eigenvalue weighted by Gasteiger charge is -2.32. The Kier molecular flexibility index (Phi) is 3.42. The number of aliphatic carboxylic acids is 1. The first kappa shape index (κ1) is 10.2. The zero-order chi connectivity index (χ0) is 9.84. The first-order chi connectivity index (χ1) is 6.15. The molecule has 1 aliphatic heterocycles. The molecular weight excluding hydrogens is 170 g/mol. The van der Waals surface area contributed by atoms with Gasteiger partial charge in [0.2, 0.25) is 0 Å². The van der Waals surface area contributed by atoms with Gasteiger partial charge in [0.25, 0.3) is 0 Å². The first-order valence-corrected chi connectivity index (χ1v) is 4.57. The smallest absolute Gasteiger partial charge is 0.320 e. The monoisotopic (exact) mass is 185 g/mol. The predicted molar refractivity (Wildman–Crippen MR) is 47.5 cm³/mol. The third-order valence-electron chi connectivity index (χ3n) is 2.67. The Labute approximate surface area is 77.5 Å². The minimum atomic E-state index is -0.787. The summed E-state index contributed by atoms with van der Waals surface area (Å²) < 4.78 is 0. The molecule has 0 amide bonds. The summed E-state index contributed by atoms with van der Waals surface area (Å²) in [6.07, 6.45) is 2.56. The van der Waals surface area contributed by atoms with Crippen LogP contribution in [0.4, 0.5) is 0 Å². The van der Waals surface area contributed by atoms with E-state index in [1.807, 2.05) is 4.90 Å². The lowest BCUT2D eigenvalue weighted by Crippen LogP contribution is -2.44. The van der Waals surface area contributed by atoms with Crippen LogP contribution in [-0.4, -0.2) is 41.4 Å². The van der Waals surface area contributed by atoms with Crippen molar-refractivity contribution in [2.75, 3.05) is 13.1 Å². The summed E-state index contributed by atoms with van der Waals surface area (Å²) in [5.41, 5.74) is 0. The van der Waals surface area contributed by atoms with E-state index in [1.54, 1.807) is 6.92 Å². The maximum Gasteiger partial charge on any atom is 0.320 e. The second kappa shape index (κ2) is 4.37. The Hall–Kier alpha value is -0.900. The summed E-state index contributed by atoms with van der Waals surface area (Å²) in [6, 6.07) is -0.424. The number of rotatable bonds is 3. The fraction of sp³-hybridized carbons (Fsp3) is 0.778. The Balaban J connectivity index is 2.40. The van der Waals surface area contributed by atoms with Crippen LogP contribution in [0.2, 0.25) is 0 Å². The number of likely N-dealkylation sites (tertiary alicyclic amines) is 1. The number of carboxylic acids is 1. The number of carboxylic acid groups (broad SMARTS) is 1. The van der Waals surface area contributed by atoms with E-state index in [1.165, 1.54) is 0 Å². The molecule has 4 heteroatoms. The molecule has 1 fully saturated rings. The largest absolute Gasteiger partial charge is 0.480 e. The van der Waals surface area contributed by atoms with Gasteiger partial charge in [-0.25, -0.2) is 0 Å². The highest BCUT2D eigenvalue weighted by Crippen LogP contribution is 2.16. The lowest BCUT2D eigenvalue weighted by molar-refractivity contribution is -0.143. The third-order valence-corrected chi connectivity index (χ3v) is 2.67. The van der Waals surface area contributed by atoms with E-state index in [4.69, 9.17) is 5.11 Å². The number of carbonyl (C=O) groups excluding carboxylic acids is 1. The van der Waals surface area contributed by atoms with Crippen molar-refractivity contribution in [3.8, 4) is 0 Å². The number of piperidine rings is 1. The van der Waals surface area contributed by atoms with E-state index < -0.39 is 12.0 Å². The van der Waals surface area contributed by atoms with Gasteiger partial charge in [-0.2, -0.15) is 0 Å². The Bertz CT molecular complexity index is 197. The van der Waals surface area contributed by atoms with Crippen molar-refractivity contribution in [3.63, 3.8) is 0 Å². The van der Waals surface area contributed by atoms with E-state index in [0.717, 1.165) is 32.2 Å². The third kappa shape index (κ3) is 2.52. The highest BCUT2D eigenvalue weighted by atomic mass is 16.4. The van der Waals surface area contributed by atoms with Crippen LogP contribution in [-0.2, 0) is 9.59 Å². The molecule has 0 saturated carbocycles. The van der Waals surface area contributed by atoms with Crippen LogP contribution in [0, 0.1) is 5.92 Å². The van der Waals surface area contributed by atoms with E-state index >= 15 is 0 Å². The number of nitrogens with zero attached hydrogens (tertiary/aromatic N) is 1. The summed E-state index contributed by atoms with van der Waals surface area (Å²) >= 11 is 0. The average Bonchev–Trinajstić information content (AvgIpc) is 2.17. The van der Waals surface area contributed by atoms with Crippen molar-refractivity contribution in [1.29, 1.82) is 0 Å². The normalized spacial score (nSPS) is 22.5. The lowest BCUT2D eigenvalue weighted by atomic mass is 9.97. The standard InChI is InChI=1S/C9H15NO3/c1-7(9(12)13)10-4-2-8(6-11)3-5-10/h6-8H,2-5H2,1H3,(H,12,13). The summed E-state index contributed by atoms with van der Waals surface area (Å²) in [5.74, 6) is -0.651. The van der Waals surface area contributed by atoms with Crippen molar-refractivity contribution in [1.82, 2.24) is 4.90 Å². The maximum atomic E-state index is 10.6. The van der Waals surface area contributed by atoms with Gasteiger partial charge in [0.1, 0.15) is 12.3 Å². The SMILES string of the molecule is CC(C(=O)O)N1CCC(C=O)CC1. The van der Waals surface area contributed by atoms with Gasteiger partial charge < -0.3 is 9.90 Å². The van der Waals surface area contributed by atoms with Gasteiger partial charge >= 0.3 is 5.97 Å². The van der Waals surface area contributed by atoms with E-state index in [-0.39, 0.29) is 5.92 Å². The Morgan fingerprint density at radius 1 is 1.54 bits per heavy atom. The quantitative estimate of drug-likeness (QED) is 0.645. The number of hydrogen-bond donors (Lipinski definition) is 1. The molecule has 0 radical (unpaired) electrons. The minimum Gasteiger partial charge on any atom is -0.480 e. The van der Waals surface area contributed by atoms with Crippen LogP contribution >= 0.6 is 0 Å². The van der Waals surface area contributed by atoms with E-state index in [9.17, 15) is 9.59 Å². The minimum absolute atomic E-state index is 0.136. The van der Waals surface area contributed by atoms with Gasteiger partial charge in [-0.1, -0.05) is 0 Å². The van der Waals surface area contributed by atoms with E-state index in [2.05, 4.69) is 0 Å². The van der Waals surface area contributed by atoms with Crippen LogP contribution in [0.25, 0.3) is 0 Å². The molecule has 13 heavy (non-hydrogen) atoms. The fourth-order valence-corrected chi connectivity index (χ4v) is 1.60. The molecule has 1 rings (SSSR count). The first-order valence-electron chi connectivity index (χ1n) is 4.57. The molecule has 4 nitrogen and oxygen atoms in total.